The van der Waals surface area contributed by atoms with Crippen LogP contribution in [-0.4, -0.2) is 23.8 Å². The fraction of sp³-hybridized carbons (Fsp3) is 0.571. The number of aliphatic hydroxyl groups is 1. The summed E-state index contributed by atoms with van der Waals surface area (Å²) >= 11 is 0. The molecule has 0 radical (unpaired) electrons. The lowest BCUT2D eigenvalue weighted by atomic mass is 10.1. The van der Waals surface area contributed by atoms with Crippen LogP contribution in [0.5, 0.6) is 5.75 Å². The third-order valence-electron chi connectivity index (χ3n) is 2.36. The van der Waals surface area contributed by atoms with E-state index in [1.54, 1.807) is 0 Å². The highest BCUT2D eigenvalue weighted by atomic mass is 16.5. The Morgan fingerprint density at radius 1 is 1.18 bits per heavy atom. The number of aliphatic hydroxyl groups excluding tert-OH is 1. The van der Waals surface area contributed by atoms with Crippen molar-refractivity contribution in [1.29, 1.82) is 0 Å². The molecule has 0 saturated heterocycles. The topological polar surface area (TPSA) is 41.5 Å². The minimum Gasteiger partial charge on any atom is -0.491 e. The lowest BCUT2D eigenvalue weighted by Crippen LogP contribution is -2.28. The molecule has 0 bridgehead atoms. The monoisotopic (exact) mass is 237 g/mol. The lowest BCUT2D eigenvalue weighted by molar-refractivity contribution is 0.160. The Kier molecular flexibility index (Phi) is 5.45. The van der Waals surface area contributed by atoms with Gasteiger partial charge < -0.3 is 15.2 Å². The summed E-state index contributed by atoms with van der Waals surface area (Å²) in [7, 11) is 0. The summed E-state index contributed by atoms with van der Waals surface area (Å²) in [5.41, 5.74) is 0.842. The minimum absolute atomic E-state index is 0.112. The van der Waals surface area contributed by atoms with Gasteiger partial charge in [0, 0.05) is 18.2 Å². The van der Waals surface area contributed by atoms with E-state index in [2.05, 4.69) is 19.2 Å². The van der Waals surface area contributed by atoms with Crippen molar-refractivity contribution in [3.05, 3.63) is 29.8 Å². The van der Waals surface area contributed by atoms with E-state index < -0.39 is 6.10 Å². The van der Waals surface area contributed by atoms with Crippen LogP contribution in [0.4, 0.5) is 0 Å². The molecule has 17 heavy (non-hydrogen) atoms. The Morgan fingerprint density at radius 2 is 1.82 bits per heavy atom. The van der Waals surface area contributed by atoms with Crippen LogP contribution in [0.3, 0.4) is 0 Å². The predicted molar refractivity (Wildman–Crippen MR) is 70.3 cm³/mol. The van der Waals surface area contributed by atoms with Gasteiger partial charge in [-0.05, 0) is 19.9 Å². The molecule has 0 aliphatic heterocycles. The second-order valence-corrected chi connectivity index (χ2v) is 4.78. The molecule has 1 aromatic carbocycles. The van der Waals surface area contributed by atoms with E-state index in [1.807, 2.05) is 38.1 Å². The highest BCUT2D eigenvalue weighted by molar-refractivity contribution is 5.35. The quantitative estimate of drug-likeness (QED) is 0.798. The van der Waals surface area contributed by atoms with E-state index in [4.69, 9.17) is 4.74 Å². The standard InChI is InChI=1S/C14H23NO2/c1-10(2)15-9-13(16)12-7-5-6-8-14(12)17-11(3)4/h5-8,10-11,13,15-16H,9H2,1-4H3. The first-order valence-electron chi connectivity index (χ1n) is 6.17. The number of benzene rings is 1. The van der Waals surface area contributed by atoms with Gasteiger partial charge in [0.05, 0.1) is 12.2 Å². The Hall–Kier alpha value is -1.06. The van der Waals surface area contributed by atoms with Crippen LogP contribution in [0.15, 0.2) is 24.3 Å². The average molecular weight is 237 g/mol. The molecule has 0 spiro atoms. The molecule has 0 saturated carbocycles. The molecular formula is C14H23NO2. The summed E-state index contributed by atoms with van der Waals surface area (Å²) < 4.78 is 5.69. The molecule has 0 fully saturated rings. The van der Waals surface area contributed by atoms with Gasteiger partial charge in [0.2, 0.25) is 0 Å². The molecule has 0 heterocycles. The van der Waals surface area contributed by atoms with Crippen molar-refractivity contribution < 1.29 is 9.84 Å². The van der Waals surface area contributed by atoms with Crippen molar-refractivity contribution in [1.82, 2.24) is 5.32 Å². The first-order chi connectivity index (χ1) is 8.00. The summed E-state index contributed by atoms with van der Waals surface area (Å²) in [6.07, 6.45) is -0.422. The predicted octanol–water partition coefficient (Wildman–Crippen LogP) is 2.51. The molecule has 1 atom stereocenters. The molecule has 1 aromatic rings. The van der Waals surface area contributed by atoms with Crippen LogP contribution in [0.2, 0.25) is 0 Å². The smallest absolute Gasteiger partial charge is 0.125 e. The van der Waals surface area contributed by atoms with E-state index in [-0.39, 0.29) is 6.10 Å². The third-order valence-corrected chi connectivity index (χ3v) is 2.36. The fourth-order valence-corrected chi connectivity index (χ4v) is 1.57. The van der Waals surface area contributed by atoms with Crippen molar-refractivity contribution in [3.63, 3.8) is 0 Å². The van der Waals surface area contributed by atoms with Crippen LogP contribution in [0.25, 0.3) is 0 Å². The number of nitrogens with one attached hydrogen (secondary N) is 1. The molecular weight excluding hydrogens is 214 g/mol. The summed E-state index contributed by atoms with van der Waals surface area (Å²) in [4.78, 5) is 0. The number of hydrogen-bond acceptors (Lipinski definition) is 3. The highest BCUT2D eigenvalue weighted by Crippen LogP contribution is 2.25. The Morgan fingerprint density at radius 3 is 2.41 bits per heavy atom. The maximum atomic E-state index is 10.1. The summed E-state index contributed by atoms with van der Waals surface area (Å²) in [6.45, 7) is 8.62. The summed E-state index contributed by atoms with van der Waals surface area (Å²) in [5.74, 6) is 0.764. The zero-order valence-corrected chi connectivity index (χ0v) is 11.1. The second-order valence-electron chi connectivity index (χ2n) is 4.78. The van der Waals surface area contributed by atoms with Gasteiger partial charge in [0.15, 0.2) is 0 Å². The zero-order chi connectivity index (χ0) is 12.8. The molecule has 0 amide bonds. The van der Waals surface area contributed by atoms with Crippen molar-refractivity contribution in [2.75, 3.05) is 6.54 Å². The molecule has 0 aromatic heterocycles. The highest BCUT2D eigenvalue weighted by Gasteiger charge is 2.13. The SMILES string of the molecule is CC(C)NCC(O)c1ccccc1OC(C)C. The second kappa shape index (κ2) is 6.62. The van der Waals surface area contributed by atoms with Crippen LogP contribution >= 0.6 is 0 Å². The van der Waals surface area contributed by atoms with E-state index in [0.29, 0.717) is 12.6 Å². The molecule has 3 nitrogen and oxygen atoms in total. The van der Waals surface area contributed by atoms with Crippen LogP contribution in [0.1, 0.15) is 39.4 Å². The number of rotatable bonds is 6. The van der Waals surface area contributed by atoms with E-state index in [1.165, 1.54) is 0 Å². The Balaban J connectivity index is 2.74. The van der Waals surface area contributed by atoms with E-state index >= 15 is 0 Å². The zero-order valence-electron chi connectivity index (χ0n) is 11.1. The van der Waals surface area contributed by atoms with Crippen LogP contribution in [0, 0.1) is 0 Å². The average Bonchev–Trinajstić information content (AvgIpc) is 2.25. The largest absolute Gasteiger partial charge is 0.491 e. The summed E-state index contributed by atoms with van der Waals surface area (Å²) in [5, 5.41) is 13.3. The van der Waals surface area contributed by atoms with Crippen LogP contribution < -0.4 is 10.1 Å². The van der Waals surface area contributed by atoms with E-state index in [0.717, 1.165) is 11.3 Å². The van der Waals surface area contributed by atoms with Gasteiger partial charge in [0.1, 0.15) is 5.75 Å². The number of ether oxygens (including phenoxy) is 1. The number of para-hydroxylation sites is 1. The Labute approximate surface area is 104 Å². The molecule has 3 heteroatoms. The number of hydrogen-bond donors (Lipinski definition) is 2. The maximum Gasteiger partial charge on any atom is 0.125 e. The van der Waals surface area contributed by atoms with Gasteiger partial charge in [-0.3, -0.25) is 0 Å². The van der Waals surface area contributed by atoms with Crippen molar-refractivity contribution >= 4 is 0 Å². The van der Waals surface area contributed by atoms with E-state index in [9.17, 15) is 5.11 Å². The maximum absolute atomic E-state index is 10.1. The molecule has 96 valence electrons. The van der Waals surface area contributed by atoms with Crippen molar-refractivity contribution in [2.45, 2.75) is 45.9 Å². The van der Waals surface area contributed by atoms with Crippen molar-refractivity contribution in [3.8, 4) is 5.75 Å². The first kappa shape index (κ1) is 14.0. The van der Waals surface area contributed by atoms with Gasteiger partial charge in [0.25, 0.3) is 0 Å². The normalized spacial score (nSPS) is 13.1. The Bertz CT molecular complexity index is 337. The van der Waals surface area contributed by atoms with Gasteiger partial charge in [-0.1, -0.05) is 32.0 Å². The third kappa shape index (κ3) is 4.75. The molecule has 0 aliphatic rings. The molecule has 1 rings (SSSR count). The lowest BCUT2D eigenvalue weighted by Gasteiger charge is -2.19. The molecule has 0 aliphatic carbocycles. The van der Waals surface area contributed by atoms with Crippen molar-refractivity contribution in [2.24, 2.45) is 0 Å². The molecule has 1 unspecified atom stereocenters. The fourth-order valence-electron chi connectivity index (χ4n) is 1.57. The van der Waals surface area contributed by atoms with Gasteiger partial charge >= 0.3 is 0 Å². The minimum atomic E-state index is -0.535. The van der Waals surface area contributed by atoms with Gasteiger partial charge in [-0.25, -0.2) is 0 Å². The van der Waals surface area contributed by atoms with Crippen LogP contribution in [-0.2, 0) is 0 Å². The summed E-state index contributed by atoms with van der Waals surface area (Å²) in [6, 6.07) is 8.01. The van der Waals surface area contributed by atoms with Gasteiger partial charge in [-0.15, -0.1) is 0 Å². The van der Waals surface area contributed by atoms with Gasteiger partial charge in [-0.2, -0.15) is 0 Å². The molecule has 2 N–H and O–H groups in total. The first-order valence-corrected chi connectivity index (χ1v) is 6.17.